The maximum atomic E-state index is 13.0. The molecule has 2 aliphatic heterocycles. The summed E-state index contributed by atoms with van der Waals surface area (Å²) in [5, 5.41) is 9.08. The second-order valence-electron chi connectivity index (χ2n) is 6.84. The Morgan fingerprint density at radius 3 is 2.62 bits per heavy atom. The predicted molar refractivity (Wildman–Crippen MR) is 89.6 cm³/mol. The molecule has 0 saturated carbocycles. The van der Waals surface area contributed by atoms with E-state index >= 15 is 0 Å². The standard InChI is InChI=1S/C19H25NO4/c1-13-6-5-7-14(12-13)15-8-3-2-4-11-20(15)18(21)16-9-10-17(24-16)19(22)23/h5-7,12,15-17H,2-4,8-11H2,1H3,(H,22,23)/t15?,16-,17+/m0/s1. The molecule has 0 bridgehead atoms. The first-order valence-corrected chi connectivity index (χ1v) is 8.81. The molecule has 2 heterocycles. The molecule has 24 heavy (non-hydrogen) atoms. The van der Waals surface area contributed by atoms with Crippen molar-refractivity contribution in [2.24, 2.45) is 0 Å². The van der Waals surface area contributed by atoms with E-state index in [9.17, 15) is 9.59 Å². The van der Waals surface area contributed by atoms with Gasteiger partial charge in [0.2, 0.25) is 0 Å². The highest BCUT2D eigenvalue weighted by Gasteiger charge is 2.39. The Morgan fingerprint density at radius 2 is 1.92 bits per heavy atom. The molecular formula is C19H25NO4. The number of hydrogen-bond donors (Lipinski definition) is 1. The highest BCUT2D eigenvalue weighted by atomic mass is 16.5. The molecular weight excluding hydrogens is 306 g/mol. The number of aliphatic carboxylic acids is 1. The van der Waals surface area contributed by atoms with E-state index < -0.39 is 18.2 Å². The first kappa shape index (κ1) is 17.0. The van der Waals surface area contributed by atoms with Crippen LogP contribution in [0.2, 0.25) is 0 Å². The number of ether oxygens (including phenoxy) is 1. The van der Waals surface area contributed by atoms with Crippen LogP contribution in [0.3, 0.4) is 0 Å². The molecule has 1 N–H and O–H groups in total. The van der Waals surface area contributed by atoms with Crippen LogP contribution in [-0.4, -0.2) is 40.6 Å². The van der Waals surface area contributed by atoms with Crippen molar-refractivity contribution >= 4 is 11.9 Å². The van der Waals surface area contributed by atoms with Gasteiger partial charge in [-0.25, -0.2) is 4.79 Å². The molecule has 3 atom stereocenters. The van der Waals surface area contributed by atoms with Crippen LogP contribution in [0.25, 0.3) is 0 Å². The molecule has 0 radical (unpaired) electrons. The SMILES string of the molecule is Cc1cccc(C2CCCCCN2C(=O)[C@@H]2CC[C@H](C(=O)O)O2)c1. The minimum atomic E-state index is -0.976. The average Bonchev–Trinajstić information content (AvgIpc) is 2.93. The Morgan fingerprint density at radius 1 is 1.12 bits per heavy atom. The Bertz CT molecular complexity index is 615. The first-order chi connectivity index (χ1) is 11.6. The van der Waals surface area contributed by atoms with Gasteiger partial charge in [-0.3, -0.25) is 4.79 Å². The highest BCUT2D eigenvalue weighted by molar-refractivity contribution is 5.83. The monoisotopic (exact) mass is 331 g/mol. The number of carboxylic acid groups (broad SMARTS) is 1. The maximum Gasteiger partial charge on any atom is 0.332 e. The molecule has 1 amide bonds. The number of carbonyl (C=O) groups is 2. The number of amides is 1. The second-order valence-corrected chi connectivity index (χ2v) is 6.84. The van der Waals surface area contributed by atoms with E-state index in [1.54, 1.807) is 0 Å². The minimum Gasteiger partial charge on any atom is -0.479 e. The quantitative estimate of drug-likeness (QED) is 0.924. The van der Waals surface area contributed by atoms with Gasteiger partial charge in [0, 0.05) is 6.54 Å². The van der Waals surface area contributed by atoms with Gasteiger partial charge in [0.05, 0.1) is 6.04 Å². The van der Waals surface area contributed by atoms with Gasteiger partial charge in [0.25, 0.3) is 5.91 Å². The van der Waals surface area contributed by atoms with Crippen LogP contribution in [-0.2, 0) is 14.3 Å². The number of benzene rings is 1. The van der Waals surface area contributed by atoms with Crippen molar-refractivity contribution in [1.29, 1.82) is 0 Å². The molecule has 0 aliphatic carbocycles. The van der Waals surface area contributed by atoms with Crippen LogP contribution >= 0.6 is 0 Å². The third-order valence-electron chi connectivity index (χ3n) is 5.03. The molecule has 2 fully saturated rings. The van der Waals surface area contributed by atoms with Gasteiger partial charge in [-0.15, -0.1) is 0 Å². The van der Waals surface area contributed by atoms with Crippen molar-refractivity contribution in [3.63, 3.8) is 0 Å². The van der Waals surface area contributed by atoms with E-state index in [-0.39, 0.29) is 11.9 Å². The van der Waals surface area contributed by atoms with Crippen LogP contribution in [0.1, 0.15) is 55.7 Å². The van der Waals surface area contributed by atoms with Gasteiger partial charge >= 0.3 is 5.97 Å². The Balaban J connectivity index is 1.80. The molecule has 1 aromatic rings. The van der Waals surface area contributed by atoms with Crippen molar-refractivity contribution in [2.45, 2.75) is 63.7 Å². The first-order valence-electron chi connectivity index (χ1n) is 8.81. The molecule has 1 aromatic carbocycles. The van der Waals surface area contributed by atoms with Crippen LogP contribution < -0.4 is 0 Å². The van der Waals surface area contributed by atoms with E-state index in [2.05, 4.69) is 25.1 Å². The number of aryl methyl sites for hydroxylation is 1. The maximum absolute atomic E-state index is 13.0. The minimum absolute atomic E-state index is 0.0489. The van der Waals surface area contributed by atoms with E-state index in [4.69, 9.17) is 9.84 Å². The van der Waals surface area contributed by atoms with Crippen molar-refractivity contribution < 1.29 is 19.4 Å². The number of likely N-dealkylation sites (tertiary alicyclic amines) is 1. The lowest BCUT2D eigenvalue weighted by Gasteiger charge is -2.32. The fourth-order valence-corrected chi connectivity index (χ4v) is 3.78. The molecule has 5 heteroatoms. The molecule has 2 aliphatic rings. The summed E-state index contributed by atoms with van der Waals surface area (Å²) in [5.74, 6) is -1.02. The largest absolute Gasteiger partial charge is 0.479 e. The molecule has 5 nitrogen and oxygen atoms in total. The van der Waals surface area contributed by atoms with Crippen LogP contribution in [0.5, 0.6) is 0 Å². The van der Waals surface area contributed by atoms with Gasteiger partial charge in [0.15, 0.2) is 6.10 Å². The number of hydrogen-bond acceptors (Lipinski definition) is 3. The zero-order valence-electron chi connectivity index (χ0n) is 14.1. The predicted octanol–water partition coefficient (Wildman–Crippen LogP) is 3.07. The molecule has 130 valence electrons. The van der Waals surface area contributed by atoms with E-state index in [0.717, 1.165) is 37.8 Å². The number of carboxylic acids is 1. The van der Waals surface area contributed by atoms with Crippen LogP contribution in [0, 0.1) is 6.92 Å². The normalized spacial score (nSPS) is 27.7. The number of rotatable bonds is 3. The highest BCUT2D eigenvalue weighted by Crippen LogP contribution is 2.33. The van der Waals surface area contributed by atoms with Crippen molar-refractivity contribution in [3.8, 4) is 0 Å². The summed E-state index contributed by atoms with van der Waals surface area (Å²) in [4.78, 5) is 26.0. The smallest absolute Gasteiger partial charge is 0.332 e. The van der Waals surface area contributed by atoms with Gasteiger partial charge in [0.1, 0.15) is 6.10 Å². The number of carbonyl (C=O) groups excluding carboxylic acids is 1. The van der Waals surface area contributed by atoms with Gasteiger partial charge in [-0.2, -0.15) is 0 Å². The second kappa shape index (κ2) is 7.34. The van der Waals surface area contributed by atoms with Gasteiger partial charge in [-0.05, 0) is 38.2 Å². The van der Waals surface area contributed by atoms with Crippen molar-refractivity contribution in [3.05, 3.63) is 35.4 Å². The average molecular weight is 331 g/mol. The van der Waals surface area contributed by atoms with E-state index in [1.807, 2.05) is 11.0 Å². The zero-order valence-corrected chi connectivity index (χ0v) is 14.1. The molecule has 2 saturated heterocycles. The molecule has 1 unspecified atom stereocenters. The van der Waals surface area contributed by atoms with Gasteiger partial charge in [-0.1, -0.05) is 42.7 Å². The molecule has 3 rings (SSSR count). The van der Waals surface area contributed by atoms with Crippen molar-refractivity contribution in [1.82, 2.24) is 4.90 Å². The summed E-state index contributed by atoms with van der Waals surface area (Å²) in [6.07, 6.45) is 3.61. The topological polar surface area (TPSA) is 66.8 Å². The Labute approximate surface area is 142 Å². The summed E-state index contributed by atoms with van der Waals surface area (Å²) in [6, 6.07) is 8.38. The summed E-state index contributed by atoms with van der Waals surface area (Å²) in [5.41, 5.74) is 2.35. The van der Waals surface area contributed by atoms with Crippen molar-refractivity contribution in [2.75, 3.05) is 6.54 Å². The van der Waals surface area contributed by atoms with Crippen LogP contribution in [0.4, 0.5) is 0 Å². The fraction of sp³-hybridized carbons (Fsp3) is 0.579. The van der Waals surface area contributed by atoms with Crippen LogP contribution in [0.15, 0.2) is 24.3 Å². The summed E-state index contributed by atoms with van der Waals surface area (Å²) >= 11 is 0. The third kappa shape index (κ3) is 3.61. The third-order valence-corrected chi connectivity index (χ3v) is 5.03. The Hall–Kier alpha value is -1.88. The van der Waals surface area contributed by atoms with Gasteiger partial charge < -0.3 is 14.7 Å². The number of nitrogens with zero attached hydrogens (tertiary/aromatic N) is 1. The lowest BCUT2D eigenvalue weighted by Crippen LogP contribution is -2.42. The molecule has 0 aromatic heterocycles. The fourth-order valence-electron chi connectivity index (χ4n) is 3.78. The molecule has 0 spiro atoms. The lowest BCUT2D eigenvalue weighted by atomic mass is 9.98. The lowest BCUT2D eigenvalue weighted by molar-refractivity contribution is -0.155. The zero-order chi connectivity index (χ0) is 17.1. The Kier molecular flexibility index (Phi) is 5.19. The summed E-state index contributed by atoms with van der Waals surface area (Å²) in [7, 11) is 0. The van der Waals surface area contributed by atoms with E-state index in [1.165, 1.54) is 5.56 Å². The summed E-state index contributed by atoms with van der Waals surface area (Å²) < 4.78 is 5.50. The summed E-state index contributed by atoms with van der Waals surface area (Å²) in [6.45, 7) is 2.78. The van der Waals surface area contributed by atoms with E-state index in [0.29, 0.717) is 12.8 Å².